The average molecular weight is 538 g/mol. The minimum Gasteiger partial charge on any atom is -0.508 e. The van der Waals surface area contributed by atoms with Crippen molar-refractivity contribution in [2.45, 2.75) is 57.8 Å². The van der Waals surface area contributed by atoms with Gasteiger partial charge >= 0.3 is 6.03 Å². The fourth-order valence-corrected chi connectivity index (χ4v) is 5.29. The summed E-state index contributed by atoms with van der Waals surface area (Å²) in [5, 5.41) is 15.9. The number of phenols is 1. The lowest BCUT2D eigenvalue weighted by Crippen LogP contribution is -2.76. The van der Waals surface area contributed by atoms with Gasteiger partial charge in [-0.15, -0.1) is 0 Å². The number of hydrogen-bond donors (Lipinski definition) is 2. The fraction of sp³-hybridized carbons (Fsp3) is 0.483. The molecule has 2 atom stereocenters. The third-order valence-electron chi connectivity index (χ3n) is 7.40. The fourth-order valence-electron chi connectivity index (χ4n) is 5.29. The highest BCUT2D eigenvalue weighted by Gasteiger charge is 2.50. The SMILES string of the molecule is CCCCCCN1C[C@H]2N(C(=O)CN(C)N2C(=O)NCc2ccc(OC)cc2)[C@@H](Cc2ccc(O)cc2)C1=O. The van der Waals surface area contributed by atoms with Crippen molar-refractivity contribution in [3.8, 4) is 11.5 Å². The highest BCUT2D eigenvalue weighted by molar-refractivity contribution is 5.91. The topological polar surface area (TPSA) is 106 Å². The number of nitrogens with zero attached hydrogens (tertiary/aromatic N) is 4. The van der Waals surface area contributed by atoms with Crippen molar-refractivity contribution in [3.05, 3.63) is 59.7 Å². The maximum absolute atomic E-state index is 13.7. The number of ether oxygens (including phenoxy) is 1. The number of aromatic hydroxyl groups is 1. The summed E-state index contributed by atoms with van der Waals surface area (Å²) in [6.07, 6.45) is 3.74. The van der Waals surface area contributed by atoms with Gasteiger partial charge in [0.05, 0.1) is 20.2 Å². The molecular formula is C29H39N5O5. The molecule has 4 rings (SSSR count). The van der Waals surface area contributed by atoms with Crippen molar-refractivity contribution < 1.29 is 24.2 Å². The normalized spacial score (nSPS) is 19.7. The molecule has 0 bridgehead atoms. The van der Waals surface area contributed by atoms with Crippen LogP contribution in [0.15, 0.2) is 48.5 Å². The number of urea groups is 1. The van der Waals surface area contributed by atoms with E-state index in [0.717, 1.165) is 42.6 Å². The average Bonchev–Trinajstić information content (AvgIpc) is 2.93. The Balaban J connectivity index is 1.57. The number of amides is 4. The lowest BCUT2D eigenvalue weighted by atomic mass is 9.98. The van der Waals surface area contributed by atoms with Crippen molar-refractivity contribution in [3.63, 3.8) is 0 Å². The van der Waals surface area contributed by atoms with Crippen LogP contribution in [0.4, 0.5) is 4.79 Å². The Morgan fingerprint density at radius 3 is 2.38 bits per heavy atom. The third-order valence-corrected chi connectivity index (χ3v) is 7.40. The Morgan fingerprint density at radius 1 is 1.03 bits per heavy atom. The van der Waals surface area contributed by atoms with Crippen LogP contribution in [0.5, 0.6) is 11.5 Å². The monoisotopic (exact) mass is 537 g/mol. The van der Waals surface area contributed by atoms with E-state index in [9.17, 15) is 19.5 Å². The van der Waals surface area contributed by atoms with E-state index in [4.69, 9.17) is 4.74 Å². The molecule has 2 aromatic carbocycles. The quantitative estimate of drug-likeness (QED) is 0.452. The minimum atomic E-state index is -0.738. The number of nitrogens with one attached hydrogen (secondary N) is 1. The smallest absolute Gasteiger partial charge is 0.334 e. The summed E-state index contributed by atoms with van der Waals surface area (Å²) >= 11 is 0. The van der Waals surface area contributed by atoms with Gasteiger partial charge in [-0.25, -0.2) is 14.8 Å². The first-order chi connectivity index (χ1) is 18.8. The van der Waals surface area contributed by atoms with Crippen molar-refractivity contribution >= 4 is 17.8 Å². The van der Waals surface area contributed by atoms with E-state index in [-0.39, 0.29) is 36.7 Å². The molecule has 4 amide bonds. The highest BCUT2D eigenvalue weighted by Crippen LogP contribution is 2.28. The predicted molar refractivity (Wildman–Crippen MR) is 147 cm³/mol. The molecule has 0 spiro atoms. The van der Waals surface area contributed by atoms with Gasteiger partial charge in [0.15, 0.2) is 0 Å². The van der Waals surface area contributed by atoms with Gasteiger partial charge in [-0.05, 0) is 41.8 Å². The zero-order valence-corrected chi connectivity index (χ0v) is 23.0. The number of likely N-dealkylation sites (N-methyl/N-ethyl adjacent to an activating group) is 1. The zero-order chi connectivity index (χ0) is 27.9. The predicted octanol–water partition coefficient (Wildman–Crippen LogP) is 2.96. The number of phenolic OH excluding ortho intramolecular Hbond substituents is 1. The van der Waals surface area contributed by atoms with Gasteiger partial charge in [0.25, 0.3) is 0 Å². The molecule has 2 N–H and O–H groups in total. The van der Waals surface area contributed by atoms with Gasteiger partial charge in [0, 0.05) is 26.6 Å². The van der Waals surface area contributed by atoms with E-state index < -0.39 is 12.2 Å². The second-order valence-electron chi connectivity index (χ2n) is 10.2. The Labute approximate surface area is 230 Å². The van der Waals surface area contributed by atoms with E-state index in [1.165, 1.54) is 0 Å². The molecule has 0 saturated carbocycles. The molecular weight excluding hydrogens is 498 g/mol. The Bertz CT molecular complexity index is 1140. The molecule has 2 heterocycles. The van der Waals surface area contributed by atoms with E-state index in [1.807, 2.05) is 24.3 Å². The van der Waals surface area contributed by atoms with Crippen LogP contribution < -0.4 is 10.1 Å². The minimum absolute atomic E-state index is 0.0116. The molecule has 2 aliphatic heterocycles. The first-order valence-electron chi connectivity index (χ1n) is 13.6. The van der Waals surface area contributed by atoms with Gasteiger partial charge < -0.3 is 25.0 Å². The second kappa shape index (κ2) is 12.8. The van der Waals surface area contributed by atoms with E-state index in [0.29, 0.717) is 19.5 Å². The number of carbonyl (C=O) groups excluding carboxylic acids is 3. The summed E-state index contributed by atoms with van der Waals surface area (Å²) in [5.74, 6) is 0.580. The van der Waals surface area contributed by atoms with E-state index in [2.05, 4.69) is 12.2 Å². The number of methoxy groups -OCH3 is 1. The number of unbranched alkanes of at least 4 members (excludes halogenated alkanes) is 3. The van der Waals surface area contributed by atoms with Gasteiger partial charge in [-0.3, -0.25) is 9.59 Å². The standard InChI is InChI=1S/C29H39N5O5/c1-4-5-6-7-16-32-19-26-33(25(28(32)37)17-21-8-12-23(35)13-9-21)27(36)20-31(2)34(26)29(38)30-18-22-10-14-24(39-3)15-11-22/h8-15,25-26,35H,4-7,16-20H2,1-3H3,(H,30,38)/t25-,26-/m0/s1. The van der Waals surface area contributed by atoms with Crippen LogP contribution in [0, 0.1) is 0 Å². The number of hydrogen-bond acceptors (Lipinski definition) is 6. The largest absolute Gasteiger partial charge is 0.508 e. The number of piperazine rings is 1. The van der Waals surface area contributed by atoms with Crippen LogP contribution in [-0.2, 0) is 22.6 Å². The molecule has 0 radical (unpaired) electrons. The number of hydrazine groups is 1. The molecule has 10 nitrogen and oxygen atoms in total. The number of carbonyl (C=O) groups is 3. The summed E-state index contributed by atoms with van der Waals surface area (Å²) in [6, 6.07) is 13.1. The Kier molecular flexibility index (Phi) is 9.29. The van der Waals surface area contributed by atoms with Crippen LogP contribution in [-0.4, -0.2) is 88.8 Å². The molecule has 39 heavy (non-hydrogen) atoms. The van der Waals surface area contributed by atoms with Crippen LogP contribution in [0.2, 0.25) is 0 Å². The van der Waals surface area contributed by atoms with Crippen molar-refractivity contribution in [1.82, 2.24) is 25.1 Å². The van der Waals surface area contributed by atoms with Gasteiger partial charge in [-0.2, -0.15) is 0 Å². The van der Waals surface area contributed by atoms with E-state index >= 15 is 0 Å². The maximum atomic E-state index is 13.7. The first kappa shape index (κ1) is 28.2. The number of rotatable bonds is 10. The summed E-state index contributed by atoms with van der Waals surface area (Å²) in [7, 11) is 3.33. The molecule has 210 valence electrons. The molecule has 10 heteroatoms. The van der Waals surface area contributed by atoms with Crippen molar-refractivity contribution in [1.29, 1.82) is 0 Å². The molecule has 0 aliphatic carbocycles. The first-order valence-corrected chi connectivity index (χ1v) is 13.6. The molecule has 0 unspecified atom stereocenters. The van der Waals surface area contributed by atoms with Crippen LogP contribution in [0.1, 0.15) is 43.7 Å². The summed E-state index contributed by atoms with van der Waals surface area (Å²) in [6.45, 7) is 3.27. The van der Waals surface area contributed by atoms with Gasteiger partial charge in [0.2, 0.25) is 11.8 Å². The maximum Gasteiger partial charge on any atom is 0.334 e. The second-order valence-corrected chi connectivity index (χ2v) is 10.2. The molecule has 2 saturated heterocycles. The van der Waals surface area contributed by atoms with Gasteiger partial charge in [-0.1, -0.05) is 50.5 Å². The zero-order valence-electron chi connectivity index (χ0n) is 23.0. The number of benzene rings is 2. The van der Waals surface area contributed by atoms with Crippen LogP contribution >= 0.6 is 0 Å². The van der Waals surface area contributed by atoms with E-state index in [1.54, 1.807) is 58.2 Å². The van der Waals surface area contributed by atoms with Crippen LogP contribution in [0.3, 0.4) is 0 Å². The molecule has 2 aliphatic rings. The molecule has 0 aromatic heterocycles. The number of fused-ring (bicyclic) bond motifs is 1. The summed E-state index contributed by atoms with van der Waals surface area (Å²) in [5.41, 5.74) is 1.75. The lowest BCUT2D eigenvalue weighted by molar-refractivity contribution is -0.186. The van der Waals surface area contributed by atoms with Gasteiger partial charge in [0.1, 0.15) is 23.7 Å². The molecule has 2 aromatic rings. The summed E-state index contributed by atoms with van der Waals surface area (Å²) in [4.78, 5) is 44.0. The van der Waals surface area contributed by atoms with Crippen molar-refractivity contribution in [2.24, 2.45) is 0 Å². The van der Waals surface area contributed by atoms with Crippen LogP contribution in [0.25, 0.3) is 0 Å². The Hall–Kier alpha value is -3.79. The third kappa shape index (κ3) is 6.62. The molecule has 2 fully saturated rings. The highest BCUT2D eigenvalue weighted by atomic mass is 16.5. The lowest BCUT2D eigenvalue weighted by Gasteiger charge is -2.54. The van der Waals surface area contributed by atoms with Crippen molar-refractivity contribution in [2.75, 3.05) is 33.8 Å². The summed E-state index contributed by atoms with van der Waals surface area (Å²) < 4.78 is 5.21. The Morgan fingerprint density at radius 2 is 1.72 bits per heavy atom.